The summed E-state index contributed by atoms with van der Waals surface area (Å²) in [4.78, 5) is 15.8. The van der Waals surface area contributed by atoms with Gasteiger partial charge in [0.25, 0.3) is 0 Å². The summed E-state index contributed by atoms with van der Waals surface area (Å²) >= 11 is 0. The van der Waals surface area contributed by atoms with Gasteiger partial charge in [-0.15, -0.1) is 0 Å². The number of nitrogens with zero attached hydrogens (tertiary/aromatic N) is 1. The molecule has 1 aromatic carbocycles. The van der Waals surface area contributed by atoms with Crippen LogP contribution in [0.4, 0.5) is 0 Å². The van der Waals surface area contributed by atoms with E-state index in [0.717, 1.165) is 0 Å². The van der Waals surface area contributed by atoms with Gasteiger partial charge in [-0.3, -0.25) is 0 Å². The van der Waals surface area contributed by atoms with Gasteiger partial charge in [0.2, 0.25) is 0 Å². The minimum absolute atomic E-state index is 0.303. The van der Waals surface area contributed by atoms with Crippen molar-refractivity contribution >= 4 is 0 Å². The van der Waals surface area contributed by atoms with Crippen molar-refractivity contribution in [3.63, 3.8) is 0 Å². The standard InChI is InChI=1S/C7H8.C4H4N2O/c1-7-5-3-2-4-6-7;7-4-5-2-1-3-6-4/h2-6H,1H3;1-3H,(H,5,6,7). The summed E-state index contributed by atoms with van der Waals surface area (Å²) in [6, 6.07) is 11.9. The summed E-state index contributed by atoms with van der Waals surface area (Å²) in [5.74, 6) is 0. The summed E-state index contributed by atoms with van der Waals surface area (Å²) < 4.78 is 0. The second-order valence-electron chi connectivity index (χ2n) is 2.74. The molecule has 1 aromatic heterocycles. The first-order chi connectivity index (χ1) is 6.79. The second-order valence-corrected chi connectivity index (χ2v) is 2.74. The fourth-order valence-corrected chi connectivity index (χ4v) is 0.845. The van der Waals surface area contributed by atoms with E-state index in [1.54, 1.807) is 6.07 Å². The van der Waals surface area contributed by atoms with Gasteiger partial charge in [-0.25, -0.2) is 9.78 Å². The van der Waals surface area contributed by atoms with Crippen LogP contribution in [0.5, 0.6) is 0 Å². The monoisotopic (exact) mass is 188 g/mol. The van der Waals surface area contributed by atoms with E-state index in [-0.39, 0.29) is 5.69 Å². The van der Waals surface area contributed by atoms with Crippen LogP contribution in [-0.2, 0) is 0 Å². The summed E-state index contributed by atoms with van der Waals surface area (Å²) in [6.45, 7) is 2.08. The van der Waals surface area contributed by atoms with Gasteiger partial charge in [0.05, 0.1) is 0 Å². The highest BCUT2D eigenvalue weighted by molar-refractivity contribution is 5.11. The van der Waals surface area contributed by atoms with Crippen molar-refractivity contribution in [1.82, 2.24) is 9.97 Å². The number of aryl methyl sites for hydroxylation is 1. The van der Waals surface area contributed by atoms with E-state index in [4.69, 9.17) is 0 Å². The van der Waals surface area contributed by atoms with Crippen LogP contribution >= 0.6 is 0 Å². The van der Waals surface area contributed by atoms with Gasteiger partial charge in [-0.05, 0) is 13.0 Å². The number of rotatable bonds is 0. The smallest absolute Gasteiger partial charge is 0.313 e. The Kier molecular flexibility index (Phi) is 4.14. The van der Waals surface area contributed by atoms with Crippen molar-refractivity contribution < 1.29 is 0 Å². The molecule has 3 nitrogen and oxygen atoms in total. The van der Waals surface area contributed by atoms with Crippen molar-refractivity contribution in [2.75, 3.05) is 0 Å². The molecule has 0 saturated carbocycles. The van der Waals surface area contributed by atoms with Gasteiger partial charge in [0, 0.05) is 12.4 Å². The molecule has 0 aliphatic heterocycles. The molecule has 0 bridgehead atoms. The number of benzene rings is 1. The van der Waals surface area contributed by atoms with Crippen LogP contribution in [0.2, 0.25) is 0 Å². The van der Waals surface area contributed by atoms with Crippen molar-refractivity contribution in [3.05, 3.63) is 64.8 Å². The van der Waals surface area contributed by atoms with Gasteiger partial charge in [-0.2, -0.15) is 0 Å². The summed E-state index contributed by atoms with van der Waals surface area (Å²) in [6.07, 6.45) is 2.98. The molecule has 2 aromatic rings. The number of aromatic amines is 1. The van der Waals surface area contributed by atoms with Gasteiger partial charge >= 0.3 is 5.69 Å². The third-order valence-corrected chi connectivity index (χ3v) is 1.52. The van der Waals surface area contributed by atoms with Crippen LogP contribution in [0.1, 0.15) is 5.56 Å². The Morgan fingerprint density at radius 2 is 1.86 bits per heavy atom. The van der Waals surface area contributed by atoms with Crippen LogP contribution in [0.15, 0.2) is 53.6 Å². The lowest BCUT2D eigenvalue weighted by molar-refractivity contribution is 1.08. The van der Waals surface area contributed by atoms with Gasteiger partial charge in [0.1, 0.15) is 0 Å². The average Bonchev–Trinajstić information content (AvgIpc) is 2.21. The van der Waals surface area contributed by atoms with Crippen molar-refractivity contribution in [2.45, 2.75) is 6.92 Å². The van der Waals surface area contributed by atoms with Crippen LogP contribution < -0.4 is 5.69 Å². The van der Waals surface area contributed by atoms with E-state index in [1.807, 2.05) is 18.2 Å². The van der Waals surface area contributed by atoms with Crippen LogP contribution in [-0.4, -0.2) is 9.97 Å². The molecule has 0 saturated heterocycles. The Bertz CT molecular complexity index is 391. The van der Waals surface area contributed by atoms with Crippen molar-refractivity contribution in [1.29, 1.82) is 0 Å². The van der Waals surface area contributed by atoms with Crippen molar-refractivity contribution in [2.24, 2.45) is 0 Å². The Balaban J connectivity index is 0.000000140. The molecular formula is C11H12N2O. The maximum absolute atomic E-state index is 10.1. The quantitative estimate of drug-likeness (QED) is 0.684. The molecule has 0 spiro atoms. The summed E-state index contributed by atoms with van der Waals surface area (Å²) in [5, 5.41) is 0. The topological polar surface area (TPSA) is 45.8 Å². The van der Waals surface area contributed by atoms with Crippen LogP contribution in [0.25, 0.3) is 0 Å². The molecule has 0 fully saturated rings. The molecule has 1 heterocycles. The molecule has 1 N–H and O–H groups in total. The Hall–Kier alpha value is -1.90. The molecule has 72 valence electrons. The highest BCUT2D eigenvalue weighted by atomic mass is 16.1. The Labute approximate surface area is 82.5 Å². The van der Waals surface area contributed by atoms with E-state index < -0.39 is 0 Å². The normalized spacial score (nSPS) is 8.64. The van der Waals surface area contributed by atoms with E-state index in [1.165, 1.54) is 18.0 Å². The summed E-state index contributed by atoms with van der Waals surface area (Å²) in [5.41, 5.74) is 1.02. The summed E-state index contributed by atoms with van der Waals surface area (Å²) in [7, 11) is 0. The fourth-order valence-electron chi connectivity index (χ4n) is 0.845. The van der Waals surface area contributed by atoms with E-state index in [9.17, 15) is 4.79 Å². The maximum Gasteiger partial charge on any atom is 0.344 e. The molecule has 2 rings (SSSR count). The number of nitrogens with one attached hydrogen (secondary N) is 1. The third-order valence-electron chi connectivity index (χ3n) is 1.52. The average molecular weight is 188 g/mol. The number of aromatic nitrogens is 2. The van der Waals surface area contributed by atoms with Gasteiger partial charge in [-0.1, -0.05) is 35.9 Å². The SMILES string of the molecule is Cc1ccccc1.O=c1nccc[nH]1. The molecule has 0 unspecified atom stereocenters. The Morgan fingerprint density at radius 3 is 2.14 bits per heavy atom. The highest BCUT2D eigenvalue weighted by Gasteiger charge is 1.72. The third kappa shape index (κ3) is 4.21. The highest BCUT2D eigenvalue weighted by Crippen LogP contribution is 1.92. The molecule has 0 aliphatic carbocycles. The largest absolute Gasteiger partial charge is 0.344 e. The molecule has 3 heteroatoms. The molecule has 0 radical (unpaired) electrons. The first-order valence-electron chi connectivity index (χ1n) is 4.30. The van der Waals surface area contributed by atoms with E-state index in [2.05, 4.69) is 29.0 Å². The minimum Gasteiger partial charge on any atom is -0.313 e. The van der Waals surface area contributed by atoms with Crippen molar-refractivity contribution in [3.8, 4) is 0 Å². The predicted octanol–water partition coefficient (Wildman–Crippen LogP) is 1.76. The number of H-pyrrole nitrogens is 1. The molecule has 14 heavy (non-hydrogen) atoms. The second kappa shape index (κ2) is 5.70. The predicted molar refractivity (Wildman–Crippen MR) is 56.0 cm³/mol. The van der Waals surface area contributed by atoms with Gasteiger partial charge < -0.3 is 4.98 Å². The molecule has 0 aliphatic rings. The van der Waals surface area contributed by atoms with Crippen LogP contribution in [0.3, 0.4) is 0 Å². The maximum atomic E-state index is 10.1. The fraction of sp³-hybridized carbons (Fsp3) is 0.0909. The zero-order valence-electron chi connectivity index (χ0n) is 7.97. The van der Waals surface area contributed by atoms with E-state index >= 15 is 0 Å². The van der Waals surface area contributed by atoms with Crippen LogP contribution in [0, 0.1) is 6.92 Å². The molecule has 0 amide bonds. The zero-order chi connectivity index (χ0) is 10.2. The lowest BCUT2D eigenvalue weighted by atomic mass is 10.2. The first kappa shape index (κ1) is 10.2. The molecule has 0 atom stereocenters. The number of hydrogen-bond donors (Lipinski definition) is 1. The van der Waals surface area contributed by atoms with Gasteiger partial charge in [0.15, 0.2) is 0 Å². The number of hydrogen-bond acceptors (Lipinski definition) is 2. The minimum atomic E-state index is -0.303. The molecular weight excluding hydrogens is 176 g/mol. The van der Waals surface area contributed by atoms with E-state index in [0.29, 0.717) is 0 Å². The lowest BCUT2D eigenvalue weighted by Crippen LogP contribution is -2.05. The Morgan fingerprint density at radius 1 is 1.14 bits per heavy atom. The zero-order valence-corrected chi connectivity index (χ0v) is 7.97. The first-order valence-corrected chi connectivity index (χ1v) is 4.30. The lowest BCUT2D eigenvalue weighted by Gasteiger charge is -1.82.